The average Bonchev–Trinajstić information content (AvgIpc) is 2.77. The fourth-order valence-corrected chi connectivity index (χ4v) is 4.17. The summed E-state index contributed by atoms with van der Waals surface area (Å²) in [6, 6.07) is 6.80. The van der Waals surface area contributed by atoms with Crippen molar-refractivity contribution in [2.45, 2.75) is 44.9 Å². The second-order valence-electron chi connectivity index (χ2n) is 7.99. The van der Waals surface area contributed by atoms with Crippen molar-refractivity contribution in [3.63, 3.8) is 0 Å². The van der Waals surface area contributed by atoms with Crippen molar-refractivity contribution >= 4 is 29.4 Å². The number of carbonyl (C=O) groups excluding carboxylic acids is 3. The maximum absolute atomic E-state index is 12.5. The summed E-state index contributed by atoms with van der Waals surface area (Å²) in [4.78, 5) is 38.5. The summed E-state index contributed by atoms with van der Waals surface area (Å²) < 4.78 is 5.21. The van der Waals surface area contributed by atoms with E-state index < -0.39 is 0 Å². The highest BCUT2D eigenvalue weighted by atomic mass is 35.5. The summed E-state index contributed by atoms with van der Waals surface area (Å²) in [7, 11) is 0. The molecule has 2 fully saturated rings. The van der Waals surface area contributed by atoms with Gasteiger partial charge in [-0.05, 0) is 55.9 Å². The summed E-state index contributed by atoms with van der Waals surface area (Å²) in [5, 5.41) is 3.47. The van der Waals surface area contributed by atoms with Crippen LogP contribution in [-0.2, 0) is 14.3 Å². The number of nitrogens with one attached hydrogen (secondary N) is 1. The Morgan fingerprint density at radius 3 is 2.31 bits per heavy atom. The zero-order chi connectivity index (χ0) is 20.6. The molecule has 0 radical (unpaired) electrons. The Morgan fingerprint density at radius 2 is 1.66 bits per heavy atom. The first-order chi connectivity index (χ1) is 14.0. The fraction of sp³-hybridized carbons (Fsp3) is 0.591. The molecule has 7 heteroatoms. The van der Waals surface area contributed by atoms with Gasteiger partial charge in [0.2, 0.25) is 0 Å². The molecule has 1 saturated carbocycles. The second-order valence-corrected chi connectivity index (χ2v) is 8.43. The molecule has 1 aliphatic heterocycles. The standard InChI is InChI=1S/C22H29ClN2O4/c23-19-8-6-17(7-9-19)21(27)25-12-10-18(11-13-25)22(28)29-15-20(26)24-14-16-4-2-1-3-5-16/h6-9,16,18H,1-5,10-15H2,(H,24,26). The lowest BCUT2D eigenvalue weighted by molar-refractivity contribution is -0.153. The van der Waals surface area contributed by atoms with Crippen molar-refractivity contribution in [1.29, 1.82) is 0 Å². The molecule has 2 amide bonds. The Balaban J connectivity index is 1.35. The van der Waals surface area contributed by atoms with Crippen LogP contribution in [0.2, 0.25) is 5.02 Å². The number of piperidine rings is 1. The molecular formula is C22H29ClN2O4. The summed E-state index contributed by atoms with van der Waals surface area (Å²) in [5.74, 6) is -0.368. The molecule has 0 bridgehead atoms. The van der Waals surface area contributed by atoms with Crippen molar-refractivity contribution in [2.75, 3.05) is 26.2 Å². The van der Waals surface area contributed by atoms with Crippen LogP contribution in [0.1, 0.15) is 55.3 Å². The van der Waals surface area contributed by atoms with Crippen molar-refractivity contribution in [2.24, 2.45) is 11.8 Å². The first kappa shape index (κ1) is 21.6. The molecule has 0 aromatic heterocycles. The summed E-state index contributed by atoms with van der Waals surface area (Å²) in [6.07, 6.45) is 7.15. The Kier molecular flexibility index (Phi) is 7.92. The highest BCUT2D eigenvalue weighted by molar-refractivity contribution is 6.30. The van der Waals surface area contributed by atoms with E-state index in [1.54, 1.807) is 29.2 Å². The molecule has 1 aromatic rings. The van der Waals surface area contributed by atoms with E-state index in [1.165, 1.54) is 19.3 Å². The third-order valence-electron chi connectivity index (χ3n) is 5.86. The molecule has 29 heavy (non-hydrogen) atoms. The average molecular weight is 421 g/mol. The molecule has 0 spiro atoms. The van der Waals surface area contributed by atoms with Crippen molar-refractivity contribution in [3.8, 4) is 0 Å². The number of amides is 2. The Labute approximate surface area is 176 Å². The van der Waals surface area contributed by atoms with Crippen LogP contribution in [0.15, 0.2) is 24.3 Å². The fourth-order valence-electron chi connectivity index (χ4n) is 4.05. The number of halogens is 1. The van der Waals surface area contributed by atoms with Gasteiger partial charge in [0.25, 0.3) is 11.8 Å². The number of benzene rings is 1. The smallest absolute Gasteiger partial charge is 0.309 e. The van der Waals surface area contributed by atoms with Gasteiger partial charge >= 0.3 is 5.97 Å². The summed E-state index contributed by atoms with van der Waals surface area (Å²) in [6.45, 7) is 1.43. The molecule has 0 atom stereocenters. The van der Waals surface area contributed by atoms with Crippen LogP contribution < -0.4 is 5.32 Å². The third kappa shape index (κ3) is 6.46. The number of esters is 1. The SMILES string of the molecule is O=C(COC(=O)C1CCN(C(=O)c2ccc(Cl)cc2)CC1)NCC1CCCCC1. The van der Waals surface area contributed by atoms with Crippen molar-refractivity contribution in [1.82, 2.24) is 10.2 Å². The number of hydrogen-bond acceptors (Lipinski definition) is 4. The lowest BCUT2D eigenvalue weighted by Crippen LogP contribution is -2.41. The molecule has 158 valence electrons. The molecule has 1 N–H and O–H groups in total. The number of carbonyl (C=O) groups is 3. The van der Waals surface area contributed by atoms with Gasteiger partial charge in [-0.15, -0.1) is 0 Å². The highest BCUT2D eigenvalue weighted by Gasteiger charge is 2.29. The van der Waals surface area contributed by atoms with E-state index in [2.05, 4.69) is 5.32 Å². The summed E-state index contributed by atoms with van der Waals surface area (Å²) in [5.41, 5.74) is 0.588. The molecule has 1 aliphatic carbocycles. The van der Waals surface area contributed by atoms with Crippen LogP contribution in [0.25, 0.3) is 0 Å². The van der Waals surface area contributed by atoms with Gasteiger partial charge in [0.1, 0.15) is 0 Å². The number of likely N-dealkylation sites (tertiary alicyclic amines) is 1. The Bertz CT molecular complexity index is 708. The molecule has 2 aliphatic rings. The molecule has 1 saturated heterocycles. The number of hydrogen-bond donors (Lipinski definition) is 1. The maximum Gasteiger partial charge on any atom is 0.309 e. The lowest BCUT2D eigenvalue weighted by atomic mass is 9.89. The van der Waals surface area contributed by atoms with Crippen LogP contribution in [0.5, 0.6) is 0 Å². The second kappa shape index (κ2) is 10.6. The first-order valence-corrected chi connectivity index (χ1v) is 10.9. The maximum atomic E-state index is 12.5. The van der Waals surface area contributed by atoms with Gasteiger partial charge < -0.3 is 15.0 Å². The van der Waals surface area contributed by atoms with E-state index >= 15 is 0 Å². The zero-order valence-electron chi connectivity index (χ0n) is 16.7. The highest BCUT2D eigenvalue weighted by Crippen LogP contribution is 2.23. The van der Waals surface area contributed by atoms with Crippen LogP contribution in [-0.4, -0.2) is 48.9 Å². The van der Waals surface area contributed by atoms with Gasteiger partial charge in [0.15, 0.2) is 6.61 Å². The Morgan fingerprint density at radius 1 is 1.00 bits per heavy atom. The lowest BCUT2D eigenvalue weighted by Gasteiger charge is -2.31. The molecule has 6 nitrogen and oxygen atoms in total. The van der Waals surface area contributed by atoms with Gasteiger partial charge in [-0.25, -0.2) is 0 Å². The van der Waals surface area contributed by atoms with Gasteiger partial charge in [0.05, 0.1) is 5.92 Å². The largest absolute Gasteiger partial charge is 0.455 e. The minimum absolute atomic E-state index is 0.0597. The van der Waals surface area contributed by atoms with Crippen molar-refractivity contribution < 1.29 is 19.1 Å². The van der Waals surface area contributed by atoms with E-state index in [0.29, 0.717) is 49.0 Å². The zero-order valence-corrected chi connectivity index (χ0v) is 17.5. The molecular weight excluding hydrogens is 392 g/mol. The van der Waals surface area contributed by atoms with Crippen LogP contribution in [0, 0.1) is 11.8 Å². The van der Waals surface area contributed by atoms with E-state index in [-0.39, 0.29) is 30.3 Å². The monoisotopic (exact) mass is 420 g/mol. The molecule has 1 heterocycles. The molecule has 3 rings (SSSR count). The first-order valence-electron chi connectivity index (χ1n) is 10.5. The van der Waals surface area contributed by atoms with Gasteiger partial charge in [0, 0.05) is 30.2 Å². The van der Waals surface area contributed by atoms with Crippen LogP contribution in [0.4, 0.5) is 0 Å². The van der Waals surface area contributed by atoms with E-state index in [0.717, 1.165) is 12.8 Å². The number of rotatable bonds is 6. The Hall–Kier alpha value is -2.08. The van der Waals surface area contributed by atoms with Gasteiger partial charge in [-0.2, -0.15) is 0 Å². The van der Waals surface area contributed by atoms with E-state index in [9.17, 15) is 14.4 Å². The predicted octanol–water partition coefficient (Wildman–Crippen LogP) is 3.43. The summed E-state index contributed by atoms with van der Waals surface area (Å²) >= 11 is 5.86. The topological polar surface area (TPSA) is 75.7 Å². The molecule has 1 aromatic carbocycles. The van der Waals surface area contributed by atoms with Crippen LogP contribution >= 0.6 is 11.6 Å². The molecule has 0 unspecified atom stereocenters. The number of ether oxygens (including phenoxy) is 1. The quantitative estimate of drug-likeness (QED) is 0.715. The minimum atomic E-state index is -0.351. The van der Waals surface area contributed by atoms with Gasteiger partial charge in [-0.1, -0.05) is 30.9 Å². The number of nitrogens with zero attached hydrogens (tertiary/aromatic N) is 1. The van der Waals surface area contributed by atoms with Crippen LogP contribution in [0.3, 0.4) is 0 Å². The normalized spacial score (nSPS) is 18.3. The third-order valence-corrected chi connectivity index (χ3v) is 6.12. The van der Waals surface area contributed by atoms with E-state index in [4.69, 9.17) is 16.3 Å². The van der Waals surface area contributed by atoms with Crippen molar-refractivity contribution in [3.05, 3.63) is 34.9 Å². The van der Waals surface area contributed by atoms with E-state index in [1.807, 2.05) is 0 Å². The minimum Gasteiger partial charge on any atom is -0.455 e. The van der Waals surface area contributed by atoms with Gasteiger partial charge in [-0.3, -0.25) is 14.4 Å². The predicted molar refractivity (Wildman–Crippen MR) is 111 cm³/mol.